The average molecular weight is 336 g/mol. The Morgan fingerprint density at radius 1 is 1.35 bits per heavy atom. The molecule has 1 aromatic carbocycles. The third-order valence-corrected chi connectivity index (χ3v) is 3.98. The van der Waals surface area contributed by atoms with E-state index in [0.717, 1.165) is 22.3 Å². The monoisotopic (exact) mass is 335 g/mol. The largest absolute Gasteiger partial charge is 0.348 e. The summed E-state index contributed by atoms with van der Waals surface area (Å²) >= 11 is 3.43. The topological polar surface area (TPSA) is 46.9 Å². The molecular formula is C15H18BrN3O. The zero-order chi connectivity index (χ0) is 14.7. The van der Waals surface area contributed by atoms with Crippen molar-refractivity contribution >= 4 is 21.8 Å². The van der Waals surface area contributed by atoms with Crippen LogP contribution >= 0.6 is 15.9 Å². The Labute approximate surface area is 127 Å². The Balaban J connectivity index is 2.08. The fraction of sp³-hybridized carbons (Fsp3) is 0.333. The molecule has 1 aromatic heterocycles. The van der Waals surface area contributed by atoms with Crippen molar-refractivity contribution in [1.82, 2.24) is 15.1 Å². The lowest BCUT2D eigenvalue weighted by atomic mass is 10.1. The predicted octanol–water partition coefficient (Wildman–Crippen LogP) is 2.86. The number of rotatable bonds is 4. The Kier molecular flexibility index (Phi) is 4.60. The van der Waals surface area contributed by atoms with Crippen LogP contribution in [0.15, 0.2) is 24.3 Å². The van der Waals surface area contributed by atoms with E-state index in [1.165, 1.54) is 5.56 Å². The molecule has 1 heterocycles. The Hall–Kier alpha value is -1.62. The van der Waals surface area contributed by atoms with Crippen LogP contribution in [-0.2, 0) is 18.9 Å². The van der Waals surface area contributed by atoms with Crippen molar-refractivity contribution in [3.05, 3.63) is 52.3 Å². The van der Waals surface area contributed by atoms with Gasteiger partial charge in [0.1, 0.15) is 0 Å². The van der Waals surface area contributed by atoms with Gasteiger partial charge in [0.2, 0.25) is 0 Å². The van der Waals surface area contributed by atoms with Gasteiger partial charge < -0.3 is 5.32 Å². The van der Waals surface area contributed by atoms with Crippen LogP contribution in [0.1, 0.15) is 32.9 Å². The van der Waals surface area contributed by atoms with Gasteiger partial charge in [0.25, 0.3) is 5.91 Å². The molecule has 0 radical (unpaired) electrons. The van der Waals surface area contributed by atoms with Crippen LogP contribution in [0.5, 0.6) is 0 Å². The number of aryl methyl sites for hydroxylation is 2. The van der Waals surface area contributed by atoms with Gasteiger partial charge in [0.05, 0.1) is 11.3 Å². The summed E-state index contributed by atoms with van der Waals surface area (Å²) < 4.78 is 1.73. The molecule has 0 saturated heterocycles. The molecule has 0 unspecified atom stereocenters. The van der Waals surface area contributed by atoms with Crippen molar-refractivity contribution < 1.29 is 4.79 Å². The summed E-state index contributed by atoms with van der Waals surface area (Å²) in [6.07, 6.45) is 0. The maximum absolute atomic E-state index is 12.3. The molecule has 0 saturated carbocycles. The van der Waals surface area contributed by atoms with Crippen LogP contribution in [0, 0.1) is 13.8 Å². The highest BCUT2D eigenvalue weighted by atomic mass is 79.9. The maximum Gasteiger partial charge on any atom is 0.255 e. The fourth-order valence-corrected chi connectivity index (χ4v) is 2.54. The number of hydrogen-bond acceptors (Lipinski definition) is 2. The van der Waals surface area contributed by atoms with Gasteiger partial charge in [0.15, 0.2) is 0 Å². The van der Waals surface area contributed by atoms with E-state index in [9.17, 15) is 4.79 Å². The first-order chi connectivity index (χ1) is 9.52. The van der Waals surface area contributed by atoms with Crippen molar-refractivity contribution in [1.29, 1.82) is 0 Å². The number of benzene rings is 1. The predicted molar refractivity (Wildman–Crippen MR) is 82.9 cm³/mol. The standard InChI is InChI=1S/C15H18BrN3O/c1-10-14(11(2)19(3)18-10)15(20)17-9-13-6-4-5-12(7-13)8-16/h4-7H,8-9H2,1-3H3,(H,17,20). The third-order valence-electron chi connectivity index (χ3n) is 3.33. The summed E-state index contributed by atoms with van der Waals surface area (Å²) in [5.74, 6) is -0.0719. The molecule has 0 atom stereocenters. The first-order valence-corrected chi connectivity index (χ1v) is 7.57. The van der Waals surface area contributed by atoms with Gasteiger partial charge in [-0.2, -0.15) is 5.10 Å². The Morgan fingerprint density at radius 2 is 2.05 bits per heavy atom. The summed E-state index contributed by atoms with van der Waals surface area (Å²) in [6.45, 7) is 4.28. The van der Waals surface area contributed by atoms with Crippen LogP contribution in [0.2, 0.25) is 0 Å². The van der Waals surface area contributed by atoms with Gasteiger partial charge in [-0.3, -0.25) is 9.48 Å². The summed E-state index contributed by atoms with van der Waals surface area (Å²) in [5.41, 5.74) is 4.61. The normalized spacial score (nSPS) is 10.6. The molecule has 1 amide bonds. The number of amides is 1. The van der Waals surface area contributed by atoms with Gasteiger partial charge in [-0.25, -0.2) is 0 Å². The second-order valence-electron chi connectivity index (χ2n) is 4.81. The summed E-state index contributed by atoms with van der Waals surface area (Å²) in [7, 11) is 1.85. The number of carbonyl (C=O) groups excluding carboxylic acids is 1. The van der Waals surface area contributed by atoms with Crippen LogP contribution in [0.3, 0.4) is 0 Å². The summed E-state index contributed by atoms with van der Waals surface area (Å²) in [4.78, 5) is 12.3. The molecule has 2 aromatic rings. The highest BCUT2D eigenvalue weighted by Gasteiger charge is 2.16. The van der Waals surface area contributed by atoms with E-state index in [0.29, 0.717) is 12.1 Å². The van der Waals surface area contributed by atoms with E-state index in [2.05, 4.69) is 38.5 Å². The maximum atomic E-state index is 12.3. The molecule has 2 rings (SSSR count). The minimum absolute atomic E-state index is 0.0719. The lowest BCUT2D eigenvalue weighted by Gasteiger charge is -2.07. The molecular weight excluding hydrogens is 318 g/mol. The van der Waals surface area contributed by atoms with Gasteiger partial charge in [0, 0.05) is 24.6 Å². The number of alkyl halides is 1. The molecule has 0 bridgehead atoms. The van der Waals surface area contributed by atoms with E-state index in [1.54, 1.807) is 4.68 Å². The third kappa shape index (κ3) is 3.10. The second-order valence-corrected chi connectivity index (χ2v) is 5.37. The molecule has 106 valence electrons. The highest BCUT2D eigenvalue weighted by molar-refractivity contribution is 9.08. The molecule has 0 fully saturated rings. The lowest BCUT2D eigenvalue weighted by molar-refractivity contribution is 0.0949. The van der Waals surface area contributed by atoms with Gasteiger partial charge in [-0.05, 0) is 25.0 Å². The number of carbonyl (C=O) groups is 1. The Morgan fingerprint density at radius 3 is 2.65 bits per heavy atom. The van der Waals surface area contributed by atoms with Crippen molar-refractivity contribution in [2.24, 2.45) is 7.05 Å². The number of nitrogens with one attached hydrogen (secondary N) is 1. The zero-order valence-corrected chi connectivity index (χ0v) is 13.5. The van der Waals surface area contributed by atoms with Crippen molar-refractivity contribution in [2.45, 2.75) is 25.7 Å². The smallest absolute Gasteiger partial charge is 0.255 e. The van der Waals surface area contributed by atoms with Crippen LogP contribution < -0.4 is 5.32 Å². The quantitative estimate of drug-likeness (QED) is 0.873. The summed E-state index contributed by atoms with van der Waals surface area (Å²) in [6, 6.07) is 8.14. The van der Waals surface area contributed by atoms with Gasteiger partial charge in [-0.1, -0.05) is 40.2 Å². The number of halogens is 1. The zero-order valence-electron chi connectivity index (χ0n) is 11.9. The van der Waals surface area contributed by atoms with E-state index in [1.807, 2.05) is 33.0 Å². The molecule has 0 aliphatic carbocycles. The van der Waals surface area contributed by atoms with Crippen LogP contribution in [0.4, 0.5) is 0 Å². The van der Waals surface area contributed by atoms with E-state index in [4.69, 9.17) is 0 Å². The highest BCUT2D eigenvalue weighted by Crippen LogP contribution is 2.12. The SMILES string of the molecule is Cc1nn(C)c(C)c1C(=O)NCc1cccc(CBr)c1. The number of aromatic nitrogens is 2. The fourth-order valence-electron chi connectivity index (χ4n) is 2.20. The van der Waals surface area contributed by atoms with Gasteiger partial charge in [-0.15, -0.1) is 0 Å². The van der Waals surface area contributed by atoms with E-state index < -0.39 is 0 Å². The van der Waals surface area contributed by atoms with Crippen LogP contribution in [-0.4, -0.2) is 15.7 Å². The number of nitrogens with zero attached hydrogens (tertiary/aromatic N) is 2. The molecule has 20 heavy (non-hydrogen) atoms. The first kappa shape index (κ1) is 14.8. The lowest BCUT2D eigenvalue weighted by Crippen LogP contribution is -2.24. The first-order valence-electron chi connectivity index (χ1n) is 6.45. The second kappa shape index (κ2) is 6.22. The van der Waals surface area contributed by atoms with Gasteiger partial charge >= 0.3 is 0 Å². The molecule has 0 aliphatic rings. The summed E-state index contributed by atoms with van der Waals surface area (Å²) in [5, 5.41) is 8.03. The molecule has 0 aliphatic heterocycles. The van der Waals surface area contributed by atoms with E-state index in [-0.39, 0.29) is 5.91 Å². The van der Waals surface area contributed by atoms with E-state index >= 15 is 0 Å². The van der Waals surface area contributed by atoms with Crippen LogP contribution in [0.25, 0.3) is 0 Å². The minimum atomic E-state index is -0.0719. The molecule has 0 spiro atoms. The Bertz CT molecular complexity index is 634. The minimum Gasteiger partial charge on any atom is -0.348 e. The molecule has 4 nitrogen and oxygen atoms in total. The van der Waals surface area contributed by atoms with Crippen molar-refractivity contribution in [3.8, 4) is 0 Å². The number of hydrogen-bond donors (Lipinski definition) is 1. The van der Waals surface area contributed by atoms with Crippen molar-refractivity contribution in [3.63, 3.8) is 0 Å². The molecule has 5 heteroatoms. The van der Waals surface area contributed by atoms with Crippen molar-refractivity contribution in [2.75, 3.05) is 0 Å². The molecule has 1 N–H and O–H groups in total. The average Bonchev–Trinajstić information content (AvgIpc) is 2.70.